The number of methoxy groups -OCH3 is 1. The Morgan fingerprint density at radius 3 is 2.62 bits per heavy atom. The first-order valence-electron chi connectivity index (χ1n) is 12.0. The van der Waals surface area contributed by atoms with Gasteiger partial charge in [-0.05, 0) is 67.4 Å². The maximum absolute atomic E-state index is 13.3. The Bertz CT molecular complexity index is 1620. The van der Waals surface area contributed by atoms with Gasteiger partial charge in [-0.15, -0.1) is 0 Å². The summed E-state index contributed by atoms with van der Waals surface area (Å²) < 4.78 is 41.8. The van der Waals surface area contributed by atoms with E-state index in [-0.39, 0.29) is 4.90 Å². The van der Waals surface area contributed by atoms with Gasteiger partial charge in [0.05, 0.1) is 34.5 Å². The summed E-state index contributed by atoms with van der Waals surface area (Å²) in [6, 6.07) is 19.2. The summed E-state index contributed by atoms with van der Waals surface area (Å²) in [4.78, 5) is 18.2. The number of fused-ring (bicyclic) bond motifs is 2. The maximum atomic E-state index is 13.3. The number of para-hydroxylation sites is 1. The number of benzene rings is 3. The van der Waals surface area contributed by atoms with Crippen LogP contribution in [-0.4, -0.2) is 45.8 Å². The van der Waals surface area contributed by atoms with Gasteiger partial charge in [0.2, 0.25) is 0 Å². The second kappa shape index (κ2) is 10.5. The number of hydrogen-bond acceptors (Lipinski definition) is 6. The molecule has 2 heterocycles. The minimum atomic E-state index is -3.73. The van der Waals surface area contributed by atoms with Gasteiger partial charge < -0.3 is 14.0 Å². The third-order valence-electron chi connectivity index (χ3n) is 6.28. The molecule has 192 valence electrons. The molecule has 4 aromatic rings. The Balaban J connectivity index is 1.45. The monoisotopic (exact) mass is 537 g/mol. The second-order valence-corrected chi connectivity index (χ2v) is 11.3. The van der Waals surface area contributed by atoms with Crippen molar-refractivity contribution in [2.75, 3.05) is 31.2 Å². The smallest absolute Gasteiger partial charge is 0.279 e. The number of ether oxygens (including phenoxy) is 2. The van der Waals surface area contributed by atoms with Crippen LogP contribution in [0, 0.1) is 0 Å². The molecule has 0 atom stereocenters. The van der Waals surface area contributed by atoms with Gasteiger partial charge in [0, 0.05) is 25.3 Å². The molecule has 10 heteroatoms. The number of aromatic nitrogens is 1. The average molecular weight is 538 g/mol. The third-order valence-corrected chi connectivity index (χ3v) is 9.15. The van der Waals surface area contributed by atoms with Crippen LogP contribution in [-0.2, 0) is 27.7 Å². The summed E-state index contributed by atoms with van der Waals surface area (Å²) in [5.41, 5.74) is 2.96. The predicted octanol–water partition coefficient (Wildman–Crippen LogP) is 4.24. The molecule has 8 nitrogen and oxygen atoms in total. The molecule has 0 saturated carbocycles. The largest absolute Gasteiger partial charge is 0.497 e. The molecule has 5 rings (SSSR count). The summed E-state index contributed by atoms with van der Waals surface area (Å²) in [6.45, 7) is 3.96. The number of thiazole rings is 1. The van der Waals surface area contributed by atoms with Crippen molar-refractivity contribution in [1.29, 1.82) is 0 Å². The zero-order valence-electron chi connectivity index (χ0n) is 20.6. The number of amides is 1. The molecule has 0 saturated heterocycles. The first kappa shape index (κ1) is 25.2. The Labute approximate surface area is 219 Å². The summed E-state index contributed by atoms with van der Waals surface area (Å²) in [5.74, 6) is 0.278. The normalized spacial score (nSPS) is 13.8. The van der Waals surface area contributed by atoms with Crippen molar-refractivity contribution in [2.45, 2.75) is 24.8 Å². The van der Waals surface area contributed by atoms with E-state index in [1.807, 2.05) is 54.0 Å². The van der Waals surface area contributed by atoms with Gasteiger partial charge in [-0.1, -0.05) is 29.5 Å². The highest BCUT2D eigenvalue weighted by molar-refractivity contribution is 7.92. The van der Waals surface area contributed by atoms with Gasteiger partial charge in [0.15, 0.2) is 4.80 Å². The Kier molecular flexibility index (Phi) is 7.14. The van der Waals surface area contributed by atoms with Crippen molar-refractivity contribution in [3.8, 4) is 5.75 Å². The second-order valence-electron chi connectivity index (χ2n) is 8.46. The average Bonchev–Trinajstić information content (AvgIpc) is 3.50. The molecule has 1 aromatic heterocycles. The molecular weight excluding hydrogens is 510 g/mol. The molecule has 1 amide bonds. The molecule has 0 N–H and O–H groups in total. The van der Waals surface area contributed by atoms with Crippen molar-refractivity contribution in [3.63, 3.8) is 0 Å². The van der Waals surface area contributed by atoms with Crippen molar-refractivity contribution in [1.82, 2.24) is 4.57 Å². The number of nitrogens with zero attached hydrogens (tertiary/aromatic N) is 3. The summed E-state index contributed by atoms with van der Waals surface area (Å²) in [6.07, 6.45) is 0.676. The minimum absolute atomic E-state index is 0.140. The zero-order valence-corrected chi connectivity index (χ0v) is 22.2. The maximum Gasteiger partial charge on any atom is 0.279 e. The quantitative estimate of drug-likeness (QED) is 0.314. The van der Waals surface area contributed by atoms with Crippen LogP contribution in [0.15, 0.2) is 76.6 Å². The highest BCUT2D eigenvalue weighted by Gasteiger charge is 2.30. The SMILES string of the molecule is CCOCCn1c(=NC(=O)c2ccc(S(=O)(=O)N3CCc4ccccc43)cc2)sc2cc(OC)ccc21. The fourth-order valence-corrected chi connectivity index (χ4v) is 6.97. The molecule has 3 aromatic carbocycles. The standard InChI is InChI=1S/C27H27N3O5S2/c1-3-35-17-16-29-24-13-10-21(34-2)18-25(24)36-27(29)28-26(31)20-8-11-22(12-9-20)37(32,33)30-15-14-19-6-4-5-7-23(19)30/h4-13,18H,3,14-17H2,1-2H3. The highest BCUT2D eigenvalue weighted by Crippen LogP contribution is 2.32. The molecule has 1 aliphatic heterocycles. The van der Waals surface area contributed by atoms with Crippen LogP contribution >= 0.6 is 11.3 Å². The van der Waals surface area contributed by atoms with Crippen molar-refractivity contribution >= 4 is 43.2 Å². The number of anilines is 1. The van der Waals surface area contributed by atoms with Gasteiger partial charge in [-0.25, -0.2) is 8.42 Å². The van der Waals surface area contributed by atoms with Crippen molar-refractivity contribution in [2.24, 2.45) is 4.99 Å². The fourth-order valence-electron chi connectivity index (χ4n) is 4.39. The van der Waals surface area contributed by atoms with Gasteiger partial charge in [0.1, 0.15) is 5.75 Å². The zero-order chi connectivity index (χ0) is 26.0. The molecule has 0 aliphatic carbocycles. The first-order chi connectivity index (χ1) is 17.9. The topological polar surface area (TPSA) is 90.2 Å². The lowest BCUT2D eigenvalue weighted by molar-refractivity contribution is 0.0996. The van der Waals surface area contributed by atoms with E-state index in [1.165, 1.54) is 39.9 Å². The number of sulfonamides is 1. The van der Waals surface area contributed by atoms with Gasteiger partial charge in [-0.2, -0.15) is 4.99 Å². The van der Waals surface area contributed by atoms with Gasteiger partial charge >= 0.3 is 0 Å². The molecule has 0 bridgehead atoms. The summed E-state index contributed by atoms with van der Waals surface area (Å²) >= 11 is 1.39. The molecular formula is C27H27N3O5S2. The lowest BCUT2D eigenvalue weighted by atomic mass is 10.2. The van der Waals surface area contributed by atoms with E-state index in [0.717, 1.165) is 21.5 Å². The van der Waals surface area contributed by atoms with Crippen LogP contribution in [0.4, 0.5) is 5.69 Å². The predicted molar refractivity (Wildman–Crippen MR) is 144 cm³/mol. The third kappa shape index (κ3) is 4.92. The summed E-state index contributed by atoms with van der Waals surface area (Å²) in [5, 5.41) is 0. The van der Waals surface area contributed by atoms with Crippen molar-refractivity contribution in [3.05, 3.63) is 82.7 Å². The van der Waals surface area contributed by atoms with Gasteiger partial charge in [-0.3, -0.25) is 9.10 Å². The molecule has 0 spiro atoms. The number of carbonyl (C=O) groups excluding carboxylic acids is 1. The van der Waals surface area contributed by atoms with E-state index >= 15 is 0 Å². The molecule has 1 aliphatic rings. The van der Waals surface area contributed by atoms with E-state index < -0.39 is 15.9 Å². The van der Waals surface area contributed by atoms with Crippen LogP contribution in [0.25, 0.3) is 10.2 Å². The first-order valence-corrected chi connectivity index (χ1v) is 14.2. The number of carbonyl (C=O) groups is 1. The highest BCUT2D eigenvalue weighted by atomic mass is 32.2. The van der Waals surface area contributed by atoms with E-state index in [2.05, 4.69) is 4.99 Å². The molecule has 0 unspecified atom stereocenters. The van der Waals surface area contributed by atoms with Crippen LogP contribution in [0.3, 0.4) is 0 Å². The van der Waals surface area contributed by atoms with E-state index in [0.29, 0.717) is 48.8 Å². The Morgan fingerprint density at radius 2 is 1.86 bits per heavy atom. The molecule has 0 fully saturated rings. The van der Waals surface area contributed by atoms with Crippen molar-refractivity contribution < 1.29 is 22.7 Å². The minimum Gasteiger partial charge on any atom is -0.497 e. The number of rotatable bonds is 8. The lowest BCUT2D eigenvalue weighted by Crippen LogP contribution is -2.29. The summed E-state index contributed by atoms with van der Waals surface area (Å²) in [7, 11) is -2.12. The van der Waals surface area contributed by atoms with E-state index in [4.69, 9.17) is 9.47 Å². The van der Waals surface area contributed by atoms with Crippen LogP contribution < -0.4 is 13.8 Å². The lowest BCUT2D eigenvalue weighted by Gasteiger charge is -2.19. The van der Waals surface area contributed by atoms with E-state index in [1.54, 1.807) is 7.11 Å². The van der Waals surface area contributed by atoms with Crippen LogP contribution in [0.1, 0.15) is 22.8 Å². The fraction of sp³-hybridized carbons (Fsp3) is 0.259. The molecule has 0 radical (unpaired) electrons. The Morgan fingerprint density at radius 1 is 1.08 bits per heavy atom. The number of hydrogen-bond donors (Lipinski definition) is 0. The van der Waals surface area contributed by atoms with Gasteiger partial charge in [0.25, 0.3) is 15.9 Å². The van der Waals surface area contributed by atoms with E-state index in [9.17, 15) is 13.2 Å². The molecule has 37 heavy (non-hydrogen) atoms. The Hall–Kier alpha value is -3.47. The van der Waals surface area contributed by atoms with Crippen LogP contribution in [0.2, 0.25) is 0 Å². The van der Waals surface area contributed by atoms with Crippen LogP contribution in [0.5, 0.6) is 5.75 Å².